The van der Waals surface area contributed by atoms with Crippen molar-refractivity contribution in [1.29, 1.82) is 0 Å². The standard InChI is InChI=1S/C20H25NO9/c1-11(22)26-10-16-17(27-12(2)23)18(28-13(3)24)19(29-14(4)25)20(30-16)21-15-8-6-5-7-9-15/h5-9,16-21H,10H2,1-4H3/t16-,17+,18-,19-,20+/m0/s1. The molecule has 0 amide bonds. The Kier molecular flexibility index (Phi) is 8.16. The Morgan fingerprint density at radius 2 is 1.33 bits per heavy atom. The number of benzene rings is 1. The molecule has 0 saturated carbocycles. The topological polar surface area (TPSA) is 126 Å². The van der Waals surface area contributed by atoms with Gasteiger partial charge in [-0.2, -0.15) is 0 Å². The number of ether oxygens (including phenoxy) is 5. The molecule has 10 heteroatoms. The highest BCUT2D eigenvalue weighted by Gasteiger charge is 2.52. The molecule has 10 nitrogen and oxygen atoms in total. The molecule has 0 bridgehead atoms. The van der Waals surface area contributed by atoms with Gasteiger partial charge in [0.15, 0.2) is 24.5 Å². The lowest BCUT2D eigenvalue weighted by Gasteiger charge is -2.44. The van der Waals surface area contributed by atoms with Crippen molar-refractivity contribution in [3.63, 3.8) is 0 Å². The summed E-state index contributed by atoms with van der Waals surface area (Å²) in [5, 5.41) is 3.06. The maximum Gasteiger partial charge on any atom is 0.303 e. The van der Waals surface area contributed by atoms with E-state index in [4.69, 9.17) is 23.7 Å². The summed E-state index contributed by atoms with van der Waals surface area (Å²) in [6.45, 7) is 4.48. The summed E-state index contributed by atoms with van der Waals surface area (Å²) in [7, 11) is 0. The van der Waals surface area contributed by atoms with Crippen LogP contribution < -0.4 is 5.32 Å². The molecule has 0 radical (unpaired) electrons. The molecule has 1 aromatic rings. The van der Waals surface area contributed by atoms with Gasteiger partial charge in [-0.15, -0.1) is 0 Å². The first-order valence-corrected chi connectivity index (χ1v) is 9.29. The second-order valence-corrected chi connectivity index (χ2v) is 6.63. The minimum absolute atomic E-state index is 0.273. The Balaban J connectivity index is 2.42. The lowest BCUT2D eigenvalue weighted by atomic mass is 9.97. The third-order valence-electron chi connectivity index (χ3n) is 4.07. The second-order valence-electron chi connectivity index (χ2n) is 6.63. The molecule has 1 heterocycles. The summed E-state index contributed by atoms with van der Waals surface area (Å²) < 4.78 is 27.0. The summed E-state index contributed by atoms with van der Waals surface area (Å²) in [6, 6.07) is 8.90. The van der Waals surface area contributed by atoms with Crippen LogP contribution in [0.25, 0.3) is 0 Å². The van der Waals surface area contributed by atoms with E-state index in [0.717, 1.165) is 0 Å². The fourth-order valence-corrected chi connectivity index (χ4v) is 3.04. The van der Waals surface area contributed by atoms with Crippen molar-refractivity contribution in [2.45, 2.75) is 58.3 Å². The Labute approximate surface area is 173 Å². The smallest absolute Gasteiger partial charge is 0.303 e. The summed E-state index contributed by atoms with van der Waals surface area (Å²) in [4.78, 5) is 46.5. The van der Waals surface area contributed by atoms with Crippen LogP contribution in [-0.4, -0.2) is 61.1 Å². The summed E-state index contributed by atoms with van der Waals surface area (Å²) in [5.74, 6) is -2.58. The molecular weight excluding hydrogens is 398 g/mol. The number of esters is 4. The van der Waals surface area contributed by atoms with Crippen LogP contribution in [-0.2, 0) is 42.9 Å². The van der Waals surface area contributed by atoms with Gasteiger partial charge in [0.25, 0.3) is 0 Å². The molecule has 1 aliphatic rings. The molecule has 1 saturated heterocycles. The number of para-hydroxylation sites is 1. The molecule has 2 rings (SSSR count). The zero-order valence-electron chi connectivity index (χ0n) is 17.2. The predicted molar refractivity (Wildman–Crippen MR) is 102 cm³/mol. The minimum Gasteiger partial charge on any atom is -0.463 e. The first kappa shape index (κ1) is 23.1. The van der Waals surface area contributed by atoms with Gasteiger partial charge < -0.3 is 29.0 Å². The Hall–Kier alpha value is -3.14. The molecule has 164 valence electrons. The maximum absolute atomic E-state index is 11.8. The predicted octanol–water partition coefficient (Wildman–Crippen LogP) is 1.18. The fourth-order valence-electron chi connectivity index (χ4n) is 3.04. The van der Waals surface area contributed by atoms with Crippen LogP contribution >= 0.6 is 0 Å². The molecule has 1 fully saturated rings. The molecular formula is C20H25NO9. The Morgan fingerprint density at radius 3 is 1.87 bits per heavy atom. The average molecular weight is 423 g/mol. The third-order valence-corrected chi connectivity index (χ3v) is 4.07. The molecule has 0 aliphatic carbocycles. The van der Waals surface area contributed by atoms with E-state index in [1.165, 1.54) is 27.7 Å². The number of hydrogen-bond acceptors (Lipinski definition) is 10. The van der Waals surface area contributed by atoms with Crippen LogP contribution in [0.15, 0.2) is 30.3 Å². The van der Waals surface area contributed by atoms with E-state index < -0.39 is 54.5 Å². The zero-order chi connectivity index (χ0) is 22.3. The van der Waals surface area contributed by atoms with E-state index in [9.17, 15) is 19.2 Å². The highest BCUT2D eigenvalue weighted by Crippen LogP contribution is 2.30. The van der Waals surface area contributed by atoms with Gasteiger partial charge in [-0.25, -0.2) is 0 Å². The summed E-state index contributed by atoms with van der Waals surface area (Å²) in [5.41, 5.74) is 0.637. The van der Waals surface area contributed by atoms with Crippen LogP contribution in [0.5, 0.6) is 0 Å². The van der Waals surface area contributed by atoms with Crippen molar-refractivity contribution >= 4 is 29.6 Å². The molecule has 5 atom stereocenters. The van der Waals surface area contributed by atoms with Crippen LogP contribution in [0.1, 0.15) is 27.7 Å². The second kappa shape index (κ2) is 10.6. The lowest BCUT2D eigenvalue weighted by Crippen LogP contribution is -2.64. The first-order valence-electron chi connectivity index (χ1n) is 9.29. The molecule has 0 aromatic heterocycles. The highest BCUT2D eigenvalue weighted by molar-refractivity contribution is 5.69. The van der Waals surface area contributed by atoms with Gasteiger partial charge >= 0.3 is 23.9 Å². The van der Waals surface area contributed by atoms with Crippen molar-refractivity contribution < 1.29 is 42.9 Å². The number of hydrogen-bond donors (Lipinski definition) is 1. The van der Waals surface area contributed by atoms with Gasteiger partial charge in [0.1, 0.15) is 12.7 Å². The minimum atomic E-state index is -1.20. The fraction of sp³-hybridized carbons (Fsp3) is 0.500. The summed E-state index contributed by atoms with van der Waals surface area (Å²) in [6.07, 6.45) is -5.51. The van der Waals surface area contributed by atoms with E-state index in [0.29, 0.717) is 5.69 Å². The van der Waals surface area contributed by atoms with Gasteiger partial charge in [-0.05, 0) is 12.1 Å². The van der Waals surface area contributed by atoms with Crippen LogP contribution in [0.3, 0.4) is 0 Å². The Bertz CT molecular complexity index is 767. The number of nitrogens with one attached hydrogen (secondary N) is 1. The van der Waals surface area contributed by atoms with Crippen molar-refractivity contribution in [2.24, 2.45) is 0 Å². The van der Waals surface area contributed by atoms with Gasteiger partial charge in [-0.3, -0.25) is 19.2 Å². The van der Waals surface area contributed by atoms with Crippen molar-refractivity contribution in [3.05, 3.63) is 30.3 Å². The molecule has 1 aliphatic heterocycles. The van der Waals surface area contributed by atoms with Crippen molar-refractivity contribution in [2.75, 3.05) is 11.9 Å². The van der Waals surface area contributed by atoms with E-state index >= 15 is 0 Å². The van der Waals surface area contributed by atoms with Gasteiger partial charge in [-0.1, -0.05) is 18.2 Å². The number of anilines is 1. The molecule has 1 N–H and O–H groups in total. The van der Waals surface area contributed by atoms with Crippen LogP contribution in [0, 0.1) is 0 Å². The number of rotatable bonds is 7. The average Bonchev–Trinajstić information content (AvgIpc) is 2.64. The Morgan fingerprint density at radius 1 is 0.800 bits per heavy atom. The van der Waals surface area contributed by atoms with E-state index in [-0.39, 0.29) is 6.61 Å². The maximum atomic E-state index is 11.8. The van der Waals surface area contributed by atoms with E-state index in [1.54, 1.807) is 24.3 Å². The third kappa shape index (κ3) is 6.73. The van der Waals surface area contributed by atoms with E-state index in [2.05, 4.69) is 5.32 Å². The first-order chi connectivity index (χ1) is 14.2. The molecule has 0 spiro atoms. The highest BCUT2D eigenvalue weighted by atomic mass is 16.7. The lowest BCUT2D eigenvalue weighted by molar-refractivity contribution is -0.247. The number of carbonyl (C=O) groups is 4. The monoisotopic (exact) mass is 423 g/mol. The van der Waals surface area contributed by atoms with Gasteiger partial charge in [0, 0.05) is 33.4 Å². The number of carbonyl (C=O) groups excluding carboxylic acids is 4. The molecule has 30 heavy (non-hydrogen) atoms. The van der Waals surface area contributed by atoms with Crippen LogP contribution in [0.4, 0.5) is 5.69 Å². The quantitative estimate of drug-likeness (QED) is 0.504. The van der Waals surface area contributed by atoms with E-state index in [1.807, 2.05) is 6.07 Å². The van der Waals surface area contributed by atoms with Gasteiger partial charge in [0.2, 0.25) is 0 Å². The van der Waals surface area contributed by atoms with Crippen molar-refractivity contribution in [1.82, 2.24) is 0 Å². The molecule has 0 unspecified atom stereocenters. The normalized spacial score (nSPS) is 25.5. The zero-order valence-corrected chi connectivity index (χ0v) is 17.2. The SMILES string of the molecule is CC(=O)OC[C@@H]1O[C@@H](Nc2ccccc2)[C@@H](OC(C)=O)[C@@H](OC(C)=O)[C@@H]1OC(C)=O. The molecule has 1 aromatic carbocycles. The largest absolute Gasteiger partial charge is 0.463 e. The summed E-state index contributed by atoms with van der Waals surface area (Å²) >= 11 is 0. The van der Waals surface area contributed by atoms with Crippen LogP contribution in [0.2, 0.25) is 0 Å². The van der Waals surface area contributed by atoms with Crippen molar-refractivity contribution in [3.8, 4) is 0 Å². The van der Waals surface area contributed by atoms with Gasteiger partial charge in [0.05, 0.1) is 0 Å².